The summed E-state index contributed by atoms with van der Waals surface area (Å²) in [6.07, 6.45) is 0. The Morgan fingerprint density at radius 2 is 1.14 bits per heavy atom. The average Bonchev–Trinajstić information content (AvgIpc) is 1.36. The number of carboxylic acid groups (broad SMARTS) is 2. The van der Waals surface area contributed by atoms with Gasteiger partial charge in [-0.2, -0.15) is 0 Å². The van der Waals surface area contributed by atoms with Crippen molar-refractivity contribution in [3.05, 3.63) is 0 Å². The molecule has 0 unspecified atom stereocenters. The minimum atomic E-state index is -1.82. The Morgan fingerprint density at radius 1 is 1.00 bits per heavy atom. The van der Waals surface area contributed by atoms with Gasteiger partial charge in [0.15, 0.2) is 0 Å². The van der Waals surface area contributed by atoms with Gasteiger partial charge in [-0.3, -0.25) is 0 Å². The summed E-state index contributed by atoms with van der Waals surface area (Å²) >= 11 is 0. The second-order valence-corrected chi connectivity index (χ2v) is 0.610. The summed E-state index contributed by atoms with van der Waals surface area (Å²) in [7, 11) is 0. The van der Waals surface area contributed by atoms with Crippen molar-refractivity contribution in [3.8, 4) is 0 Å². The molecule has 5 nitrogen and oxygen atoms in total. The standard InChI is InChI=1S/C2H2O4.H3N/c3-1(4)2(5)6;/h(H,3,4)(H,5,6);1H3/p+1. The van der Waals surface area contributed by atoms with Gasteiger partial charge in [-0.25, -0.2) is 9.59 Å². The smallest absolute Gasteiger partial charge is 0.414 e. The molecule has 0 rings (SSSR count). The van der Waals surface area contributed by atoms with Crippen molar-refractivity contribution in [2.45, 2.75) is 0 Å². The molecule has 0 amide bonds. The Hall–Kier alpha value is -1.10. The van der Waals surface area contributed by atoms with Crippen LogP contribution in [0.4, 0.5) is 0 Å². The third-order valence-corrected chi connectivity index (χ3v) is 0.183. The third kappa shape index (κ3) is 4.90. The third-order valence-electron chi connectivity index (χ3n) is 0.183. The zero-order chi connectivity index (χ0) is 5.15. The zero-order valence-electron chi connectivity index (χ0n) is 3.71. The summed E-state index contributed by atoms with van der Waals surface area (Å²) in [6, 6.07) is 0. The number of carbonyl (C=O) groups is 2. The quantitative estimate of drug-likeness (QED) is 0.364. The maximum atomic E-state index is 9.10. The molecular weight excluding hydrogens is 102 g/mol. The van der Waals surface area contributed by atoms with Gasteiger partial charge in [-0.15, -0.1) is 0 Å². The highest BCUT2D eigenvalue weighted by Gasteiger charge is 2.04. The molecular formula is C2H6NO4+. The van der Waals surface area contributed by atoms with Crippen molar-refractivity contribution >= 4 is 11.9 Å². The molecule has 0 aliphatic rings. The summed E-state index contributed by atoms with van der Waals surface area (Å²) < 4.78 is 0. The van der Waals surface area contributed by atoms with Crippen LogP contribution in [-0.4, -0.2) is 22.2 Å². The molecule has 7 heavy (non-hydrogen) atoms. The number of quaternary nitrogens is 1. The van der Waals surface area contributed by atoms with Gasteiger partial charge in [0, 0.05) is 0 Å². The summed E-state index contributed by atoms with van der Waals surface area (Å²) in [4.78, 5) is 18.2. The van der Waals surface area contributed by atoms with Crippen molar-refractivity contribution in [2.75, 3.05) is 0 Å². The van der Waals surface area contributed by atoms with E-state index in [1.165, 1.54) is 0 Å². The van der Waals surface area contributed by atoms with Crippen LogP contribution in [0.25, 0.3) is 0 Å². The van der Waals surface area contributed by atoms with Crippen molar-refractivity contribution in [3.63, 3.8) is 0 Å². The molecule has 5 heteroatoms. The predicted molar refractivity (Wildman–Crippen MR) is 21.3 cm³/mol. The van der Waals surface area contributed by atoms with Gasteiger partial charge in [0.2, 0.25) is 0 Å². The maximum absolute atomic E-state index is 9.10. The van der Waals surface area contributed by atoms with E-state index in [0.29, 0.717) is 0 Å². The highest BCUT2D eigenvalue weighted by Crippen LogP contribution is 1.56. The van der Waals surface area contributed by atoms with E-state index in [0.717, 1.165) is 0 Å². The predicted octanol–water partition coefficient (Wildman–Crippen LogP) is -0.468. The first kappa shape index (κ1) is 9.31. The number of hydrogen-bond donors (Lipinski definition) is 3. The minimum Gasteiger partial charge on any atom is -0.473 e. The molecule has 0 heterocycles. The highest BCUT2D eigenvalue weighted by atomic mass is 16.4. The Morgan fingerprint density at radius 3 is 1.14 bits per heavy atom. The first-order valence-corrected chi connectivity index (χ1v) is 1.11. The van der Waals surface area contributed by atoms with E-state index in [4.69, 9.17) is 19.8 Å². The summed E-state index contributed by atoms with van der Waals surface area (Å²) in [5.41, 5.74) is 0. The zero-order valence-corrected chi connectivity index (χ0v) is 3.71. The van der Waals surface area contributed by atoms with Crippen LogP contribution in [0.5, 0.6) is 0 Å². The molecule has 0 radical (unpaired) electrons. The Bertz CT molecular complexity index is 75.7. The maximum Gasteiger partial charge on any atom is 0.414 e. The lowest BCUT2D eigenvalue weighted by molar-refractivity contribution is -0.159. The fraction of sp³-hybridized carbons (Fsp3) is 0. The van der Waals surface area contributed by atoms with Crippen LogP contribution in [0.2, 0.25) is 0 Å². The molecule has 0 spiro atoms. The molecule has 0 atom stereocenters. The van der Waals surface area contributed by atoms with Crippen molar-refractivity contribution in [2.24, 2.45) is 0 Å². The first-order valence-electron chi connectivity index (χ1n) is 1.11. The second-order valence-electron chi connectivity index (χ2n) is 0.610. The average molecular weight is 108 g/mol. The van der Waals surface area contributed by atoms with E-state index in [9.17, 15) is 0 Å². The summed E-state index contributed by atoms with van der Waals surface area (Å²) in [5, 5.41) is 14.8. The van der Waals surface area contributed by atoms with Crippen LogP contribution in [0, 0.1) is 0 Å². The number of aliphatic carboxylic acids is 2. The number of carboxylic acids is 2. The van der Waals surface area contributed by atoms with Crippen LogP contribution in [0.1, 0.15) is 0 Å². The van der Waals surface area contributed by atoms with Crippen molar-refractivity contribution in [1.82, 2.24) is 6.15 Å². The molecule has 42 valence electrons. The van der Waals surface area contributed by atoms with Crippen LogP contribution in [-0.2, 0) is 9.59 Å². The van der Waals surface area contributed by atoms with Gasteiger partial charge >= 0.3 is 11.9 Å². The van der Waals surface area contributed by atoms with Gasteiger partial charge in [0.05, 0.1) is 0 Å². The Kier molecular flexibility index (Phi) is 4.13. The molecule has 6 N–H and O–H groups in total. The van der Waals surface area contributed by atoms with E-state index < -0.39 is 11.9 Å². The lowest BCUT2D eigenvalue weighted by Crippen LogP contribution is -2.09. The second kappa shape index (κ2) is 3.10. The summed E-state index contributed by atoms with van der Waals surface area (Å²) in [5.74, 6) is -3.65. The molecule has 0 aromatic rings. The lowest BCUT2D eigenvalue weighted by Gasteiger charge is -1.72. The van der Waals surface area contributed by atoms with Crippen LogP contribution >= 0.6 is 0 Å². The van der Waals surface area contributed by atoms with Gasteiger partial charge in [-0.1, -0.05) is 0 Å². The molecule has 0 aromatic carbocycles. The van der Waals surface area contributed by atoms with E-state index in [-0.39, 0.29) is 6.15 Å². The topological polar surface area (TPSA) is 111 Å². The lowest BCUT2D eigenvalue weighted by atomic mass is 10.7. The summed E-state index contributed by atoms with van der Waals surface area (Å²) in [6.45, 7) is 0. The van der Waals surface area contributed by atoms with Crippen LogP contribution < -0.4 is 6.15 Å². The fourth-order valence-corrected chi connectivity index (χ4v) is 0. The van der Waals surface area contributed by atoms with E-state index in [1.807, 2.05) is 0 Å². The van der Waals surface area contributed by atoms with Crippen molar-refractivity contribution < 1.29 is 19.8 Å². The number of rotatable bonds is 0. The molecule has 0 saturated heterocycles. The molecule has 0 fully saturated rings. The van der Waals surface area contributed by atoms with Gasteiger partial charge in [-0.05, 0) is 0 Å². The van der Waals surface area contributed by atoms with Gasteiger partial charge < -0.3 is 16.4 Å². The largest absolute Gasteiger partial charge is 0.473 e. The van der Waals surface area contributed by atoms with Gasteiger partial charge in [0.1, 0.15) is 0 Å². The molecule has 0 aliphatic heterocycles. The van der Waals surface area contributed by atoms with Crippen LogP contribution in [0.3, 0.4) is 0 Å². The fourth-order valence-electron chi connectivity index (χ4n) is 0. The van der Waals surface area contributed by atoms with E-state index in [1.54, 1.807) is 0 Å². The minimum absolute atomic E-state index is 0. The molecule has 0 saturated carbocycles. The molecule has 0 bridgehead atoms. The molecule has 0 aromatic heterocycles. The number of hydrogen-bond acceptors (Lipinski definition) is 2. The highest BCUT2D eigenvalue weighted by molar-refractivity contribution is 6.27. The molecule has 0 aliphatic carbocycles. The van der Waals surface area contributed by atoms with E-state index >= 15 is 0 Å². The van der Waals surface area contributed by atoms with Crippen LogP contribution in [0.15, 0.2) is 0 Å². The first-order chi connectivity index (χ1) is 2.64. The normalized spacial score (nSPS) is 6.29. The van der Waals surface area contributed by atoms with Crippen molar-refractivity contribution in [1.29, 1.82) is 0 Å². The Labute approximate surface area is 39.2 Å². The van der Waals surface area contributed by atoms with Gasteiger partial charge in [0.25, 0.3) is 0 Å². The SMILES string of the molecule is O=C(O)C(=O)O.[NH4+]. The van der Waals surface area contributed by atoms with E-state index in [2.05, 4.69) is 0 Å². The Balaban J connectivity index is 0. The monoisotopic (exact) mass is 108 g/mol.